The molecule has 20 nitrogen and oxygen atoms in total. The number of H-pyrrole nitrogens is 3. The fourth-order valence-corrected chi connectivity index (χ4v) is 8.29. The van der Waals surface area contributed by atoms with Crippen LogP contribution in [0, 0.1) is 13.8 Å². The molecule has 1 saturated heterocycles. The topological polar surface area (TPSA) is 228 Å². The van der Waals surface area contributed by atoms with Crippen molar-refractivity contribution in [2.24, 2.45) is 0 Å². The number of amides is 1. The predicted octanol–water partition coefficient (Wildman–Crippen LogP) is 8.60. The highest BCUT2D eigenvalue weighted by atomic mass is 16.7. The average molecular weight is 970 g/mol. The van der Waals surface area contributed by atoms with Crippen LogP contribution in [0.2, 0.25) is 0 Å². The molecule has 4 N–H and O–H groups in total. The Morgan fingerprint density at radius 1 is 0.845 bits per heavy atom. The standard InChI is InChI=1S/C28H35N7O3.C18H19N7.C5H13NO2/c1-6-34(27(36)38-28(3,4)5)16-20-14-29-15-22(18(20)2)19-10-11-23-21(13-19)25(26-30-17-31-32-26)33-35(23)24-9-7-8-12-37-24;1-3-19-7-13-8-20-9-15(11(13)2)12-4-5-16-14(6-12)17(24-23-16)18-21-10-22-25-18;1-6(2)5(7-3)8-4/h10-11,13-15,17,24H,6-9,12,16H2,1-5H3,(H,30,31,32);4-6,8-10,19H,3,7H2,1-2H3,(H,23,24)(H,21,22,25);5H,1-4H3. The van der Waals surface area contributed by atoms with Gasteiger partial charge >= 0.3 is 6.09 Å². The highest BCUT2D eigenvalue weighted by Crippen LogP contribution is 2.36. The molecular formula is C51H67N15O5. The van der Waals surface area contributed by atoms with E-state index in [1.54, 1.807) is 19.1 Å². The summed E-state index contributed by atoms with van der Waals surface area (Å²) in [4.78, 5) is 33.8. The first-order chi connectivity index (χ1) is 34.2. The van der Waals surface area contributed by atoms with Crippen molar-refractivity contribution in [3.8, 4) is 45.3 Å². The molecule has 1 aliphatic rings. The molecule has 1 amide bonds. The van der Waals surface area contributed by atoms with Crippen molar-refractivity contribution in [3.63, 3.8) is 0 Å². The van der Waals surface area contributed by atoms with Crippen LogP contribution in [0.3, 0.4) is 0 Å². The van der Waals surface area contributed by atoms with Crippen LogP contribution in [0.5, 0.6) is 0 Å². The summed E-state index contributed by atoms with van der Waals surface area (Å²) in [5.74, 6) is 1.26. The van der Waals surface area contributed by atoms with Crippen molar-refractivity contribution in [3.05, 3.63) is 96.1 Å². The average Bonchev–Trinajstić information content (AvgIpc) is 4.21. The maximum atomic E-state index is 12.7. The van der Waals surface area contributed by atoms with Crippen LogP contribution in [-0.2, 0) is 32.0 Å². The number of hydrogen-bond acceptors (Lipinski definition) is 15. The maximum Gasteiger partial charge on any atom is 0.410 e. The number of pyridine rings is 2. The minimum Gasteiger partial charge on any atom is -0.444 e. The number of ether oxygens (including phenoxy) is 4. The van der Waals surface area contributed by atoms with Crippen molar-refractivity contribution >= 4 is 27.9 Å². The number of methoxy groups -OCH3 is 2. The number of benzene rings is 2. The van der Waals surface area contributed by atoms with Crippen LogP contribution in [0.15, 0.2) is 73.8 Å². The maximum absolute atomic E-state index is 12.7. The highest BCUT2D eigenvalue weighted by Gasteiger charge is 2.25. The van der Waals surface area contributed by atoms with Crippen LogP contribution < -0.4 is 5.32 Å². The molecule has 1 fully saturated rings. The second kappa shape index (κ2) is 23.8. The van der Waals surface area contributed by atoms with Gasteiger partial charge in [0, 0.05) is 80.6 Å². The number of aromatic amines is 3. The molecule has 20 heteroatoms. The van der Waals surface area contributed by atoms with Gasteiger partial charge in [0.2, 0.25) is 6.41 Å². The lowest BCUT2D eigenvalue weighted by molar-refractivity contribution is -0.179. The summed E-state index contributed by atoms with van der Waals surface area (Å²) < 4.78 is 23.4. The van der Waals surface area contributed by atoms with Gasteiger partial charge in [-0.3, -0.25) is 30.2 Å². The van der Waals surface area contributed by atoms with Crippen LogP contribution >= 0.6 is 0 Å². The molecule has 6 aromatic heterocycles. The summed E-state index contributed by atoms with van der Waals surface area (Å²) in [6.07, 6.45) is 13.0. The Morgan fingerprint density at radius 2 is 1.48 bits per heavy atom. The predicted molar refractivity (Wildman–Crippen MR) is 273 cm³/mol. The summed E-state index contributed by atoms with van der Waals surface area (Å²) in [5, 5.41) is 31.4. The van der Waals surface area contributed by atoms with Crippen LogP contribution in [0.25, 0.3) is 67.1 Å². The number of carbonyl (C=O) groups is 1. The number of nitrogens with one attached hydrogen (secondary N) is 4. The lowest BCUT2D eigenvalue weighted by Crippen LogP contribution is -2.36. The van der Waals surface area contributed by atoms with E-state index in [0.717, 1.165) is 106 Å². The zero-order chi connectivity index (χ0) is 50.7. The van der Waals surface area contributed by atoms with E-state index in [1.807, 2.05) is 82.2 Å². The second-order valence-corrected chi connectivity index (χ2v) is 18.3. The Balaban J connectivity index is 0.000000192. The highest BCUT2D eigenvalue weighted by molar-refractivity contribution is 5.96. The first-order valence-electron chi connectivity index (χ1n) is 23.9. The molecule has 0 bridgehead atoms. The smallest absolute Gasteiger partial charge is 0.410 e. The van der Waals surface area contributed by atoms with Crippen LogP contribution in [0.4, 0.5) is 4.79 Å². The van der Waals surface area contributed by atoms with E-state index >= 15 is 0 Å². The molecule has 1 unspecified atom stereocenters. The molecule has 376 valence electrons. The van der Waals surface area contributed by atoms with E-state index in [0.29, 0.717) is 24.7 Å². The Labute approximate surface area is 414 Å². The van der Waals surface area contributed by atoms with Crippen molar-refractivity contribution in [1.29, 1.82) is 0 Å². The molecule has 9 rings (SSSR count). The minimum absolute atomic E-state index is 0.103. The quantitative estimate of drug-likeness (QED) is 0.0748. The first kappa shape index (κ1) is 51.9. The molecule has 0 radical (unpaired) electrons. The van der Waals surface area contributed by atoms with Crippen molar-refractivity contribution in [2.45, 2.75) is 99.1 Å². The minimum atomic E-state index is -0.552. The van der Waals surface area contributed by atoms with Gasteiger partial charge in [0.15, 0.2) is 17.9 Å². The van der Waals surface area contributed by atoms with Gasteiger partial charge in [-0.25, -0.2) is 19.4 Å². The molecule has 0 spiro atoms. The van der Waals surface area contributed by atoms with E-state index in [4.69, 9.17) is 24.0 Å². The monoisotopic (exact) mass is 970 g/mol. The zero-order valence-electron chi connectivity index (χ0n) is 42.7. The number of fused-ring (bicyclic) bond motifs is 2. The SMILES string of the molecule is CCN(Cc1cncc(-c2ccc3c(c2)c(-c2ncn[nH]2)nn3C2CCCCO2)c1C)C(=O)OC(C)(C)C.CCNCc1cncc(-c2ccc3[nH]nc(-c4ncn[nH]4)c3c2)c1C.COC(OC)N(C)C. The summed E-state index contributed by atoms with van der Waals surface area (Å²) in [6, 6.07) is 12.5. The van der Waals surface area contributed by atoms with E-state index in [2.05, 4.69) is 107 Å². The summed E-state index contributed by atoms with van der Waals surface area (Å²) >= 11 is 0. The number of rotatable bonds is 14. The summed E-state index contributed by atoms with van der Waals surface area (Å²) in [6.45, 7) is 17.3. The van der Waals surface area contributed by atoms with Gasteiger partial charge in [0.25, 0.3) is 0 Å². The zero-order valence-corrected chi connectivity index (χ0v) is 42.7. The van der Waals surface area contributed by atoms with Crippen molar-refractivity contribution in [2.75, 3.05) is 48.0 Å². The lowest BCUT2D eigenvalue weighted by Gasteiger charge is -2.27. The number of hydrogen-bond donors (Lipinski definition) is 4. The van der Waals surface area contributed by atoms with Crippen molar-refractivity contribution in [1.82, 2.24) is 75.4 Å². The Morgan fingerprint density at radius 3 is 2.04 bits per heavy atom. The fourth-order valence-electron chi connectivity index (χ4n) is 8.29. The Bertz CT molecular complexity index is 2950. The molecule has 0 saturated carbocycles. The van der Waals surface area contributed by atoms with Gasteiger partial charge in [-0.2, -0.15) is 20.4 Å². The molecule has 8 aromatic rings. The van der Waals surface area contributed by atoms with E-state index in [1.165, 1.54) is 23.8 Å². The molecule has 71 heavy (non-hydrogen) atoms. The summed E-state index contributed by atoms with van der Waals surface area (Å²) in [5.41, 5.74) is 11.6. The molecule has 1 atom stereocenters. The van der Waals surface area contributed by atoms with Gasteiger partial charge in [0.1, 0.15) is 29.6 Å². The molecule has 0 aliphatic carbocycles. The van der Waals surface area contributed by atoms with Crippen LogP contribution in [0.1, 0.15) is 82.4 Å². The van der Waals surface area contributed by atoms with E-state index < -0.39 is 5.60 Å². The summed E-state index contributed by atoms with van der Waals surface area (Å²) in [7, 11) is 6.98. The molecule has 7 heterocycles. The van der Waals surface area contributed by atoms with Gasteiger partial charge in [-0.05, 0) is 139 Å². The van der Waals surface area contributed by atoms with Gasteiger partial charge < -0.3 is 29.2 Å². The molecular weight excluding hydrogens is 903 g/mol. The Hall–Kier alpha value is -6.97. The third-order valence-corrected chi connectivity index (χ3v) is 12.0. The third-order valence-electron chi connectivity index (χ3n) is 12.0. The Kier molecular flexibility index (Phi) is 17.4. The fraction of sp³-hybridized carbons (Fsp3) is 0.431. The molecule has 2 aromatic carbocycles. The largest absolute Gasteiger partial charge is 0.444 e. The molecule has 1 aliphatic heterocycles. The number of aromatic nitrogens is 12. The van der Waals surface area contributed by atoms with Gasteiger partial charge in [-0.1, -0.05) is 19.1 Å². The second-order valence-electron chi connectivity index (χ2n) is 18.3. The lowest BCUT2D eigenvalue weighted by atomic mass is 9.97. The van der Waals surface area contributed by atoms with E-state index in [-0.39, 0.29) is 18.7 Å². The number of carbonyl (C=O) groups excluding carboxylic acids is 1. The van der Waals surface area contributed by atoms with Gasteiger partial charge in [0.05, 0.1) is 17.6 Å². The van der Waals surface area contributed by atoms with Gasteiger partial charge in [-0.15, -0.1) is 0 Å². The number of nitrogens with zero attached hydrogens (tertiary/aromatic N) is 11. The van der Waals surface area contributed by atoms with Crippen LogP contribution in [-0.4, -0.2) is 136 Å². The third kappa shape index (κ3) is 12.5. The van der Waals surface area contributed by atoms with E-state index in [9.17, 15) is 4.79 Å². The first-order valence-corrected chi connectivity index (χ1v) is 23.9. The van der Waals surface area contributed by atoms with Crippen molar-refractivity contribution < 1.29 is 23.7 Å². The normalized spacial score (nSPS) is 13.8.